The highest BCUT2D eigenvalue weighted by molar-refractivity contribution is 6.00. The first-order valence-corrected chi connectivity index (χ1v) is 10.3. The molecule has 2 heterocycles. The van der Waals surface area contributed by atoms with Crippen molar-refractivity contribution in [3.05, 3.63) is 48.5 Å². The Labute approximate surface area is 156 Å². The van der Waals surface area contributed by atoms with Crippen molar-refractivity contribution in [1.29, 1.82) is 0 Å². The van der Waals surface area contributed by atoms with Crippen LogP contribution >= 0.6 is 0 Å². The minimum Gasteiger partial charge on any atom is -0.372 e. The second kappa shape index (κ2) is 6.83. The van der Waals surface area contributed by atoms with E-state index in [9.17, 15) is 0 Å². The Morgan fingerprint density at radius 3 is 1.27 bits per heavy atom. The summed E-state index contributed by atoms with van der Waals surface area (Å²) in [7, 11) is 0. The van der Waals surface area contributed by atoms with E-state index < -0.39 is 0 Å². The summed E-state index contributed by atoms with van der Waals surface area (Å²) in [6.07, 6.45) is 8.08. The molecule has 2 saturated heterocycles. The van der Waals surface area contributed by atoms with Crippen molar-refractivity contribution in [3.63, 3.8) is 0 Å². The number of fused-ring (bicyclic) bond motifs is 2. The highest BCUT2D eigenvalue weighted by atomic mass is 15.1. The molecule has 0 saturated carbocycles. The average molecular weight is 345 g/mol. The largest absolute Gasteiger partial charge is 0.372 e. The van der Waals surface area contributed by atoms with Gasteiger partial charge in [0.15, 0.2) is 0 Å². The average Bonchev–Trinajstić information content (AvgIpc) is 2.73. The maximum Gasteiger partial charge on any atom is 0.0372 e. The standard InChI is InChI=1S/C24H28N2/c1-3-11-25(12-4-1)23-9-7-19-16-22-18-24(26-13-5-2-6-14-26)10-8-20(22)15-21(19)17-23/h7-10,15-18H,1-6,11-14H2. The molecule has 0 aliphatic carbocycles. The minimum absolute atomic E-state index is 1.21. The van der Waals surface area contributed by atoms with Crippen molar-refractivity contribution < 1.29 is 0 Å². The molecule has 0 amide bonds. The van der Waals surface area contributed by atoms with Crippen LogP contribution in [0, 0.1) is 0 Å². The Morgan fingerprint density at radius 2 is 0.846 bits per heavy atom. The molecule has 3 aromatic carbocycles. The summed E-state index contributed by atoms with van der Waals surface area (Å²) in [5.74, 6) is 0. The first-order valence-electron chi connectivity index (χ1n) is 10.3. The molecule has 0 aromatic heterocycles. The van der Waals surface area contributed by atoms with Crippen molar-refractivity contribution >= 4 is 32.9 Å². The second-order valence-electron chi connectivity index (χ2n) is 8.01. The Bertz CT molecular complexity index is 841. The van der Waals surface area contributed by atoms with Crippen LogP contribution in [0.2, 0.25) is 0 Å². The zero-order valence-electron chi connectivity index (χ0n) is 15.6. The molecule has 0 N–H and O–H groups in total. The predicted octanol–water partition coefficient (Wildman–Crippen LogP) is 5.97. The summed E-state index contributed by atoms with van der Waals surface area (Å²) in [6.45, 7) is 4.83. The Balaban J connectivity index is 1.51. The normalized spacial score (nSPS) is 18.6. The lowest BCUT2D eigenvalue weighted by Crippen LogP contribution is -2.29. The monoisotopic (exact) mass is 344 g/mol. The molecule has 0 unspecified atom stereocenters. The van der Waals surface area contributed by atoms with Crippen LogP contribution in [-0.2, 0) is 0 Å². The van der Waals surface area contributed by atoms with Gasteiger partial charge in [-0.1, -0.05) is 12.1 Å². The lowest BCUT2D eigenvalue weighted by molar-refractivity contribution is 0.578. The van der Waals surface area contributed by atoms with E-state index in [2.05, 4.69) is 58.3 Å². The molecule has 3 aromatic rings. The maximum atomic E-state index is 2.55. The lowest BCUT2D eigenvalue weighted by atomic mass is 10.0. The smallest absolute Gasteiger partial charge is 0.0372 e. The van der Waals surface area contributed by atoms with Gasteiger partial charge >= 0.3 is 0 Å². The Hall–Kier alpha value is -2.22. The van der Waals surface area contributed by atoms with Gasteiger partial charge in [0.05, 0.1) is 0 Å². The fourth-order valence-corrected chi connectivity index (χ4v) is 4.67. The van der Waals surface area contributed by atoms with Gasteiger partial charge in [-0.25, -0.2) is 0 Å². The second-order valence-corrected chi connectivity index (χ2v) is 8.01. The number of rotatable bonds is 2. The quantitative estimate of drug-likeness (QED) is 0.528. The van der Waals surface area contributed by atoms with Crippen LogP contribution in [0.15, 0.2) is 48.5 Å². The topological polar surface area (TPSA) is 6.48 Å². The summed E-state index contributed by atoms with van der Waals surface area (Å²) in [5.41, 5.74) is 2.78. The Kier molecular flexibility index (Phi) is 4.20. The zero-order chi connectivity index (χ0) is 17.3. The fraction of sp³-hybridized carbons (Fsp3) is 0.417. The molecule has 2 heteroatoms. The number of nitrogens with zero attached hydrogens (tertiary/aromatic N) is 2. The van der Waals surface area contributed by atoms with Crippen molar-refractivity contribution in [2.75, 3.05) is 36.0 Å². The van der Waals surface area contributed by atoms with E-state index in [0.717, 1.165) is 0 Å². The molecule has 0 atom stereocenters. The molecule has 2 nitrogen and oxygen atoms in total. The molecule has 0 spiro atoms. The molecule has 0 bridgehead atoms. The van der Waals surface area contributed by atoms with Gasteiger partial charge < -0.3 is 9.80 Å². The molecule has 2 fully saturated rings. The molecule has 134 valence electrons. The van der Waals surface area contributed by atoms with Gasteiger partial charge in [-0.05, 0) is 96.5 Å². The maximum absolute atomic E-state index is 2.55. The molecule has 2 aliphatic rings. The number of hydrogen-bond acceptors (Lipinski definition) is 2. The van der Waals surface area contributed by atoms with Crippen LogP contribution in [0.3, 0.4) is 0 Å². The molecule has 2 aliphatic heterocycles. The van der Waals surface area contributed by atoms with Gasteiger partial charge in [0.2, 0.25) is 0 Å². The van der Waals surface area contributed by atoms with E-state index >= 15 is 0 Å². The summed E-state index contributed by atoms with van der Waals surface area (Å²) < 4.78 is 0. The van der Waals surface area contributed by atoms with E-state index in [1.807, 2.05) is 0 Å². The van der Waals surface area contributed by atoms with Gasteiger partial charge in [-0.15, -0.1) is 0 Å². The molecular weight excluding hydrogens is 316 g/mol. The van der Waals surface area contributed by atoms with Gasteiger partial charge in [0.25, 0.3) is 0 Å². The zero-order valence-corrected chi connectivity index (χ0v) is 15.6. The van der Waals surface area contributed by atoms with Crippen molar-refractivity contribution in [2.24, 2.45) is 0 Å². The van der Waals surface area contributed by atoms with E-state index in [0.29, 0.717) is 0 Å². The number of hydrogen-bond donors (Lipinski definition) is 0. The highest BCUT2D eigenvalue weighted by Crippen LogP contribution is 2.31. The molecule has 5 rings (SSSR count). The first kappa shape index (κ1) is 16.0. The summed E-state index contributed by atoms with van der Waals surface area (Å²) in [6, 6.07) is 18.8. The van der Waals surface area contributed by atoms with E-state index in [4.69, 9.17) is 0 Å². The van der Waals surface area contributed by atoms with E-state index in [1.54, 1.807) is 0 Å². The van der Waals surface area contributed by atoms with Crippen LogP contribution < -0.4 is 9.80 Å². The number of benzene rings is 3. The highest BCUT2D eigenvalue weighted by Gasteiger charge is 2.13. The SMILES string of the molecule is c1cc2cc3cc(N4CCCCC4)ccc3cc2cc1N1CCCCC1. The van der Waals surface area contributed by atoms with Crippen molar-refractivity contribution in [2.45, 2.75) is 38.5 Å². The minimum atomic E-state index is 1.21. The van der Waals surface area contributed by atoms with Crippen LogP contribution in [0.1, 0.15) is 38.5 Å². The van der Waals surface area contributed by atoms with Crippen LogP contribution in [0.4, 0.5) is 11.4 Å². The fourth-order valence-electron chi connectivity index (χ4n) is 4.67. The van der Waals surface area contributed by atoms with Crippen molar-refractivity contribution in [3.8, 4) is 0 Å². The third kappa shape index (κ3) is 3.02. The van der Waals surface area contributed by atoms with E-state index in [-0.39, 0.29) is 0 Å². The van der Waals surface area contributed by atoms with Gasteiger partial charge in [0, 0.05) is 37.6 Å². The lowest BCUT2D eigenvalue weighted by Gasteiger charge is -2.29. The van der Waals surface area contributed by atoms with Gasteiger partial charge in [-0.2, -0.15) is 0 Å². The van der Waals surface area contributed by atoms with Crippen molar-refractivity contribution in [1.82, 2.24) is 0 Å². The third-order valence-corrected chi connectivity index (χ3v) is 6.21. The predicted molar refractivity (Wildman–Crippen MR) is 114 cm³/mol. The van der Waals surface area contributed by atoms with Crippen LogP contribution in [0.25, 0.3) is 21.5 Å². The molecule has 26 heavy (non-hydrogen) atoms. The van der Waals surface area contributed by atoms with E-state index in [1.165, 1.54) is 97.6 Å². The first-order chi connectivity index (χ1) is 12.9. The summed E-state index contributed by atoms with van der Waals surface area (Å²) in [5, 5.41) is 5.45. The summed E-state index contributed by atoms with van der Waals surface area (Å²) >= 11 is 0. The van der Waals surface area contributed by atoms with Crippen LogP contribution in [0.5, 0.6) is 0 Å². The third-order valence-electron chi connectivity index (χ3n) is 6.21. The Morgan fingerprint density at radius 1 is 0.423 bits per heavy atom. The molecular formula is C24H28N2. The van der Waals surface area contributed by atoms with Gasteiger partial charge in [-0.3, -0.25) is 0 Å². The number of piperidine rings is 2. The summed E-state index contributed by atoms with van der Waals surface area (Å²) in [4.78, 5) is 5.10. The molecule has 0 radical (unpaired) electrons. The number of anilines is 2. The van der Waals surface area contributed by atoms with Gasteiger partial charge in [0.1, 0.15) is 0 Å². The van der Waals surface area contributed by atoms with Crippen LogP contribution in [-0.4, -0.2) is 26.2 Å².